The number of fused-ring (bicyclic) bond motifs is 1. The Hall–Kier alpha value is -2.96. The van der Waals surface area contributed by atoms with E-state index in [4.69, 9.17) is 0 Å². The SMILES string of the molecule is CN(CCCc1nc2ccccc2[nH]1)C(=O)CN(C)c1cnccn1. The van der Waals surface area contributed by atoms with Gasteiger partial charge >= 0.3 is 0 Å². The molecule has 0 saturated heterocycles. The second kappa shape index (κ2) is 7.74. The molecule has 2 aromatic heterocycles. The molecule has 0 radical (unpaired) electrons. The Kier molecular flexibility index (Phi) is 5.23. The molecular weight excluding hydrogens is 316 g/mol. The number of H-pyrrole nitrogens is 1. The molecule has 1 amide bonds. The molecule has 7 nitrogen and oxygen atoms in total. The molecule has 0 aliphatic carbocycles. The summed E-state index contributed by atoms with van der Waals surface area (Å²) in [5.74, 6) is 1.70. The van der Waals surface area contributed by atoms with E-state index in [9.17, 15) is 4.79 Å². The summed E-state index contributed by atoms with van der Waals surface area (Å²) in [5.41, 5.74) is 2.03. The van der Waals surface area contributed by atoms with Gasteiger partial charge in [-0.1, -0.05) is 12.1 Å². The lowest BCUT2D eigenvalue weighted by molar-refractivity contribution is -0.128. The van der Waals surface area contributed by atoms with Crippen LogP contribution in [0.15, 0.2) is 42.9 Å². The summed E-state index contributed by atoms with van der Waals surface area (Å²) in [5, 5.41) is 0. The van der Waals surface area contributed by atoms with E-state index in [2.05, 4.69) is 19.9 Å². The third kappa shape index (κ3) is 4.32. The highest BCUT2D eigenvalue weighted by molar-refractivity contribution is 5.80. The molecule has 25 heavy (non-hydrogen) atoms. The number of rotatable bonds is 7. The van der Waals surface area contributed by atoms with E-state index in [0.29, 0.717) is 12.4 Å². The van der Waals surface area contributed by atoms with Crippen molar-refractivity contribution in [1.82, 2.24) is 24.8 Å². The first-order valence-electron chi connectivity index (χ1n) is 8.28. The molecule has 7 heteroatoms. The molecular formula is C18H22N6O. The summed E-state index contributed by atoms with van der Waals surface area (Å²) in [6, 6.07) is 7.98. The summed E-state index contributed by atoms with van der Waals surface area (Å²) in [7, 11) is 3.66. The van der Waals surface area contributed by atoms with Gasteiger partial charge in [0.2, 0.25) is 5.91 Å². The van der Waals surface area contributed by atoms with Crippen molar-refractivity contribution in [3.8, 4) is 0 Å². The molecule has 1 aromatic carbocycles. The van der Waals surface area contributed by atoms with Gasteiger partial charge < -0.3 is 14.8 Å². The van der Waals surface area contributed by atoms with E-state index in [1.807, 2.05) is 38.4 Å². The predicted octanol–water partition coefficient (Wildman–Crippen LogP) is 1.88. The van der Waals surface area contributed by atoms with Crippen LogP contribution in [0.1, 0.15) is 12.2 Å². The number of hydrogen-bond acceptors (Lipinski definition) is 5. The van der Waals surface area contributed by atoms with Gasteiger partial charge in [-0.2, -0.15) is 0 Å². The lowest BCUT2D eigenvalue weighted by atomic mass is 10.3. The summed E-state index contributed by atoms with van der Waals surface area (Å²) in [4.78, 5) is 32.0. The highest BCUT2D eigenvalue weighted by Crippen LogP contribution is 2.11. The molecule has 3 rings (SSSR count). The standard InChI is InChI=1S/C18H22N6O/c1-23(18(25)13-24(2)17-12-19-9-10-20-17)11-5-8-16-21-14-6-3-4-7-15(14)22-16/h3-4,6-7,9-10,12H,5,8,11,13H2,1-2H3,(H,21,22). The first-order chi connectivity index (χ1) is 12.1. The van der Waals surface area contributed by atoms with Crippen LogP contribution in [0.3, 0.4) is 0 Å². The number of hydrogen-bond donors (Lipinski definition) is 1. The van der Waals surface area contributed by atoms with Gasteiger partial charge in [-0.05, 0) is 18.6 Å². The maximum absolute atomic E-state index is 12.3. The Morgan fingerprint density at radius 2 is 2.04 bits per heavy atom. The number of aromatic nitrogens is 4. The van der Waals surface area contributed by atoms with Gasteiger partial charge in [-0.3, -0.25) is 9.78 Å². The fourth-order valence-electron chi connectivity index (χ4n) is 2.63. The number of amides is 1. The largest absolute Gasteiger partial charge is 0.349 e. The number of anilines is 1. The van der Waals surface area contributed by atoms with Crippen molar-refractivity contribution in [1.29, 1.82) is 0 Å². The van der Waals surface area contributed by atoms with E-state index >= 15 is 0 Å². The smallest absolute Gasteiger partial charge is 0.241 e. The number of imidazole rings is 1. The monoisotopic (exact) mass is 338 g/mol. The summed E-state index contributed by atoms with van der Waals surface area (Å²) in [6.07, 6.45) is 6.55. The number of likely N-dealkylation sites (N-methyl/N-ethyl adjacent to an activating group) is 2. The Morgan fingerprint density at radius 1 is 1.20 bits per heavy atom. The fourth-order valence-corrected chi connectivity index (χ4v) is 2.63. The zero-order chi connectivity index (χ0) is 17.6. The van der Waals surface area contributed by atoms with Crippen molar-refractivity contribution in [2.45, 2.75) is 12.8 Å². The van der Waals surface area contributed by atoms with Gasteiger partial charge in [0.25, 0.3) is 0 Å². The Labute approximate surface area is 146 Å². The third-order valence-corrected chi connectivity index (χ3v) is 4.08. The van der Waals surface area contributed by atoms with Gasteiger partial charge in [0.15, 0.2) is 0 Å². The maximum atomic E-state index is 12.3. The lowest BCUT2D eigenvalue weighted by Crippen LogP contribution is -2.37. The number of aryl methyl sites for hydroxylation is 1. The second-order valence-corrected chi connectivity index (χ2v) is 6.04. The van der Waals surface area contributed by atoms with E-state index in [1.54, 1.807) is 28.4 Å². The molecule has 1 N–H and O–H groups in total. The van der Waals surface area contributed by atoms with Gasteiger partial charge in [0.1, 0.15) is 11.6 Å². The van der Waals surface area contributed by atoms with Crippen LogP contribution in [-0.2, 0) is 11.2 Å². The number of nitrogens with zero attached hydrogens (tertiary/aromatic N) is 5. The third-order valence-electron chi connectivity index (χ3n) is 4.08. The first-order valence-corrected chi connectivity index (χ1v) is 8.28. The highest BCUT2D eigenvalue weighted by atomic mass is 16.2. The minimum atomic E-state index is 0.0535. The summed E-state index contributed by atoms with van der Waals surface area (Å²) < 4.78 is 0. The van der Waals surface area contributed by atoms with Crippen molar-refractivity contribution >= 4 is 22.8 Å². The van der Waals surface area contributed by atoms with E-state index in [0.717, 1.165) is 29.7 Å². The van der Waals surface area contributed by atoms with Gasteiger partial charge in [0, 0.05) is 39.5 Å². The van der Waals surface area contributed by atoms with Crippen LogP contribution in [0.25, 0.3) is 11.0 Å². The van der Waals surface area contributed by atoms with Crippen LogP contribution < -0.4 is 4.90 Å². The quantitative estimate of drug-likeness (QED) is 0.712. The van der Waals surface area contributed by atoms with Gasteiger partial charge in [-0.15, -0.1) is 0 Å². The first kappa shape index (κ1) is 16.9. The molecule has 0 atom stereocenters. The van der Waals surface area contributed by atoms with Crippen molar-refractivity contribution in [3.05, 3.63) is 48.7 Å². The van der Waals surface area contributed by atoms with E-state index < -0.39 is 0 Å². The topological polar surface area (TPSA) is 78.0 Å². The summed E-state index contributed by atoms with van der Waals surface area (Å²) in [6.45, 7) is 0.962. The van der Waals surface area contributed by atoms with Crippen molar-refractivity contribution in [3.63, 3.8) is 0 Å². The molecule has 0 saturated carbocycles. The van der Waals surface area contributed by atoms with Crippen molar-refractivity contribution < 1.29 is 4.79 Å². The molecule has 0 fully saturated rings. The van der Waals surface area contributed by atoms with Gasteiger partial charge in [0.05, 0.1) is 23.8 Å². The number of carbonyl (C=O) groups is 1. The zero-order valence-corrected chi connectivity index (χ0v) is 14.5. The van der Waals surface area contributed by atoms with Crippen LogP contribution in [-0.4, -0.2) is 57.9 Å². The van der Waals surface area contributed by atoms with Gasteiger partial charge in [-0.25, -0.2) is 9.97 Å². The van der Waals surface area contributed by atoms with Crippen LogP contribution in [0.2, 0.25) is 0 Å². The summed E-state index contributed by atoms with van der Waals surface area (Å²) >= 11 is 0. The van der Waals surface area contributed by atoms with Crippen LogP contribution in [0, 0.1) is 0 Å². The minimum Gasteiger partial charge on any atom is -0.349 e. The molecule has 0 bridgehead atoms. The number of para-hydroxylation sites is 2. The van der Waals surface area contributed by atoms with Crippen LogP contribution in [0.4, 0.5) is 5.82 Å². The number of carbonyl (C=O) groups excluding carboxylic acids is 1. The van der Waals surface area contributed by atoms with Crippen molar-refractivity contribution in [2.75, 3.05) is 32.1 Å². The van der Waals surface area contributed by atoms with Crippen LogP contribution in [0.5, 0.6) is 0 Å². The average Bonchev–Trinajstić information content (AvgIpc) is 3.05. The second-order valence-electron chi connectivity index (χ2n) is 6.04. The average molecular weight is 338 g/mol. The molecule has 130 valence electrons. The normalized spacial score (nSPS) is 10.8. The number of nitrogens with one attached hydrogen (secondary N) is 1. The highest BCUT2D eigenvalue weighted by Gasteiger charge is 2.13. The predicted molar refractivity (Wildman–Crippen MR) is 97.4 cm³/mol. The zero-order valence-electron chi connectivity index (χ0n) is 14.5. The maximum Gasteiger partial charge on any atom is 0.241 e. The lowest BCUT2D eigenvalue weighted by Gasteiger charge is -2.22. The Morgan fingerprint density at radius 3 is 2.80 bits per heavy atom. The molecule has 0 aliphatic rings. The van der Waals surface area contributed by atoms with E-state index in [1.165, 1.54) is 0 Å². The number of benzene rings is 1. The molecule has 3 aromatic rings. The Balaban J connectivity index is 1.46. The van der Waals surface area contributed by atoms with Crippen molar-refractivity contribution in [2.24, 2.45) is 0 Å². The minimum absolute atomic E-state index is 0.0535. The molecule has 0 spiro atoms. The fraction of sp³-hybridized carbons (Fsp3) is 0.333. The molecule has 2 heterocycles. The van der Waals surface area contributed by atoms with Crippen LogP contribution >= 0.6 is 0 Å². The Bertz CT molecular complexity index is 799. The molecule has 0 aliphatic heterocycles. The molecule has 0 unspecified atom stereocenters. The van der Waals surface area contributed by atoms with E-state index in [-0.39, 0.29) is 12.5 Å². The number of aromatic amines is 1.